The molecule has 4 heterocycles. The molecule has 2 aliphatic heterocycles. The van der Waals surface area contributed by atoms with Gasteiger partial charge in [0.25, 0.3) is 0 Å². The van der Waals surface area contributed by atoms with E-state index in [0.717, 1.165) is 37.7 Å². The molecular formula is C26H24N4O2. The normalized spacial score (nSPS) is 16.1. The molecule has 4 aromatic rings. The molecule has 6 heteroatoms. The lowest BCUT2D eigenvalue weighted by molar-refractivity contribution is 0.0866. The Morgan fingerprint density at radius 3 is 1.56 bits per heavy atom. The second-order valence-electron chi connectivity index (χ2n) is 8.41. The number of hydrogen-bond donors (Lipinski definition) is 0. The van der Waals surface area contributed by atoms with Crippen LogP contribution in [0, 0.1) is 0 Å². The fraction of sp³-hybridized carbons (Fsp3) is 0.231. The van der Waals surface area contributed by atoms with E-state index in [0.29, 0.717) is 13.5 Å². The Balaban J connectivity index is 1.34. The topological polar surface area (TPSA) is 50.7 Å². The minimum Gasteiger partial charge on any atom is -0.478 e. The number of fused-ring (bicyclic) bond motifs is 5. The van der Waals surface area contributed by atoms with Gasteiger partial charge in [-0.05, 0) is 58.3 Å². The van der Waals surface area contributed by atoms with Crippen LogP contribution in [0.4, 0.5) is 0 Å². The van der Waals surface area contributed by atoms with Crippen LogP contribution in [0.3, 0.4) is 0 Å². The van der Waals surface area contributed by atoms with Crippen LogP contribution in [0.25, 0.3) is 10.8 Å². The molecule has 0 radical (unpaired) electrons. The number of benzene rings is 2. The zero-order valence-electron chi connectivity index (χ0n) is 17.8. The number of rotatable bonds is 4. The molecule has 2 aromatic heterocycles. The Bertz CT molecular complexity index is 1150. The van der Waals surface area contributed by atoms with Gasteiger partial charge in [0.15, 0.2) is 0 Å². The average Bonchev–Trinajstić information content (AvgIpc) is 2.85. The highest BCUT2D eigenvalue weighted by Crippen LogP contribution is 2.40. The van der Waals surface area contributed by atoms with Crippen LogP contribution in [0.1, 0.15) is 22.3 Å². The fourth-order valence-corrected chi connectivity index (χ4v) is 4.67. The van der Waals surface area contributed by atoms with E-state index in [-0.39, 0.29) is 0 Å². The summed E-state index contributed by atoms with van der Waals surface area (Å²) in [4.78, 5) is 12.9. The van der Waals surface area contributed by atoms with Gasteiger partial charge in [0, 0.05) is 62.1 Å². The maximum Gasteiger partial charge on any atom is 0.142 e. The van der Waals surface area contributed by atoms with Gasteiger partial charge in [0.1, 0.15) is 25.0 Å². The van der Waals surface area contributed by atoms with Crippen LogP contribution < -0.4 is 9.47 Å². The fourth-order valence-electron chi connectivity index (χ4n) is 4.67. The summed E-state index contributed by atoms with van der Waals surface area (Å²) in [6.45, 7) is 4.52. The number of hydrogen-bond acceptors (Lipinski definition) is 6. The Hall–Kier alpha value is -3.48. The predicted octanol–water partition coefficient (Wildman–Crippen LogP) is 4.33. The van der Waals surface area contributed by atoms with Gasteiger partial charge in [-0.3, -0.25) is 19.8 Å². The van der Waals surface area contributed by atoms with Crippen LogP contribution >= 0.6 is 0 Å². The molecule has 0 amide bonds. The Kier molecular flexibility index (Phi) is 4.94. The quantitative estimate of drug-likeness (QED) is 0.486. The molecule has 0 saturated carbocycles. The van der Waals surface area contributed by atoms with Crippen LogP contribution in [-0.2, 0) is 26.2 Å². The van der Waals surface area contributed by atoms with Crippen molar-refractivity contribution in [3.63, 3.8) is 0 Å². The molecule has 6 rings (SSSR count). The van der Waals surface area contributed by atoms with Crippen molar-refractivity contribution in [2.75, 3.05) is 13.5 Å². The Morgan fingerprint density at radius 2 is 1.09 bits per heavy atom. The Labute approximate surface area is 187 Å². The first kappa shape index (κ1) is 19.2. The number of ether oxygens (including phenoxy) is 2. The van der Waals surface area contributed by atoms with Crippen LogP contribution in [0.5, 0.6) is 11.5 Å². The largest absolute Gasteiger partial charge is 0.478 e. The van der Waals surface area contributed by atoms with Crippen molar-refractivity contribution in [2.24, 2.45) is 0 Å². The van der Waals surface area contributed by atoms with E-state index in [9.17, 15) is 0 Å². The molecule has 32 heavy (non-hydrogen) atoms. The molecular weight excluding hydrogens is 400 g/mol. The molecule has 0 saturated heterocycles. The number of pyridine rings is 2. The summed E-state index contributed by atoms with van der Waals surface area (Å²) in [5.41, 5.74) is 4.96. The first-order chi connectivity index (χ1) is 15.8. The summed E-state index contributed by atoms with van der Waals surface area (Å²) >= 11 is 0. The molecule has 0 spiro atoms. The molecule has 0 N–H and O–H groups in total. The van der Waals surface area contributed by atoms with Crippen molar-refractivity contribution in [3.8, 4) is 11.5 Å². The van der Waals surface area contributed by atoms with Gasteiger partial charge in [0.05, 0.1) is 0 Å². The van der Waals surface area contributed by atoms with E-state index < -0.39 is 0 Å². The lowest BCUT2D eigenvalue weighted by Crippen LogP contribution is -2.33. The van der Waals surface area contributed by atoms with E-state index >= 15 is 0 Å². The lowest BCUT2D eigenvalue weighted by atomic mass is 9.95. The van der Waals surface area contributed by atoms with Crippen LogP contribution in [-0.4, -0.2) is 33.2 Å². The minimum atomic E-state index is 0.584. The van der Waals surface area contributed by atoms with Crippen LogP contribution in [0.2, 0.25) is 0 Å². The van der Waals surface area contributed by atoms with E-state index in [1.807, 2.05) is 24.8 Å². The monoisotopic (exact) mass is 424 g/mol. The van der Waals surface area contributed by atoms with Gasteiger partial charge in [-0.25, -0.2) is 0 Å². The summed E-state index contributed by atoms with van der Waals surface area (Å²) in [5, 5.41) is 2.49. The van der Waals surface area contributed by atoms with Gasteiger partial charge >= 0.3 is 0 Å². The lowest BCUT2D eigenvalue weighted by Gasteiger charge is -2.33. The number of aromatic nitrogens is 2. The van der Waals surface area contributed by atoms with Crippen molar-refractivity contribution >= 4 is 10.8 Å². The van der Waals surface area contributed by atoms with Gasteiger partial charge in [-0.1, -0.05) is 12.1 Å². The molecule has 6 nitrogen and oxygen atoms in total. The van der Waals surface area contributed by atoms with E-state index in [2.05, 4.69) is 68.3 Å². The van der Waals surface area contributed by atoms with Crippen LogP contribution in [0.15, 0.2) is 73.3 Å². The highest BCUT2D eigenvalue weighted by atomic mass is 16.5. The first-order valence-corrected chi connectivity index (χ1v) is 10.9. The Morgan fingerprint density at radius 1 is 0.625 bits per heavy atom. The van der Waals surface area contributed by atoms with Crippen molar-refractivity contribution in [1.29, 1.82) is 0 Å². The zero-order valence-corrected chi connectivity index (χ0v) is 17.8. The third kappa shape index (κ3) is 3.68. The smallest absolute Gasteiger partial charge is 0.142 e. The maximum absolute atomic E-state index is 6.18. The SMILES string of the molecule is c1cc(CN2COc3ccc4ccc5c(c4c3C2)CN(Cc2ccncc2)CO5)ccn1. The molecule has 0 aliphatic carbocycles. The summed E-state index contributed by atoms with van der Waals surface area (Å²) in [7, 11) is 0. The molecule has 0 atom stereocenters. The summed E-state index contributed by atoms with van der Waals surface area (Å²) in [6.07, 6.45) is 7.37. The third-order valence-electron chi connectivity index (χ3n) is 6.20. The zero-order chi connectivity index (χ0) is 21.3. The van der Waals surface area contributed by atoms with Crippen molar-refractivity contribution in [1.82, 2.24) is 19.8 Å². The molecule has 2 aromatic carbocycles. The van der Waals surface area contributed by atoms with Gasteiger partial charge in [0.2, 0.25) is 0 Å². The molecule has 0 unspecified atom stereocenters. The van der Waals surface area contributed by atoms with E-state index in [1.165, 1.54) is 33.0 Å². The summed E-state index contributed by atoms with van der Waals surface area (Å²) in [6, 6.07) is 16.8. The second-order valence-corrected chi connectivity index (χ2v) is 8.41. The van der Waals surface area contributed by atoms with Crippen molar-refractivity contribution in [2.45, 2.75) is 26.2 Å². The molecule has 2 aliphatic rings. The maximum atomic E-state index is 6.18. The summed E-state index contributed by atoms with van der Waals surface area (Å²) < 4.78 is 12.4. The third-order valence-corrected chi connectivity index (χ3v) is 6.20. The molecule has 0 bridgehead atoms. The van der Waals surface area contributed by atoms with Crippen molar-refractivity contribution < 1.29 is 9.47 Å². The standard InChI is InChI=1S/C26H24N4O2/c1-3-24-22(15-29(17-31-24)13-19-5-9-27-10-6-19)26-21(1)2-4-25-23(26)16-30(18-32-25)14-20-7-11-28-12-8-20/h1-12H,13-18H2. The predicted molar refractivity (Wildman–Crippen MR) is 122 cm³/mol. The van der Waals surface area contributed by atoms with Gasteiger partial charge in [-0.2, -0.15) is 0 Å². The number of nitrogens with zero attached hydrogens (tertiary/aromatic N) is 4. The van der Waals surface area contributed by atoms with E-state index in [1.54, 1.807) is 0 Å². The molecule has 0 fully saturated rings. The first-order valence-electron chi connectivity index (χ1n) is 10.9. The van der Waals surface area contributed by atoms with Gasteiger partial charge in [-0.15, -0.1) is 0 Å². The van der Waals surface area contributed by atoms with Gasteiger partial charge < -0.3 is 9.47 Å². The minimum absolute atomic E-state index is 0.584. The van der Waals surface area contributed by atoms with Crippen molar-refractivity contribution in [3.05, 3.63) is 95.6 Å². The average molecular weight is 425 g/mol. The highest BCUT2D eigenvalue weighted by molar-refractivity contribution is 5.92. The highest BCUT2D eigenvalue weighted by Gasteiger charge is 2.26. The van der Waals surface area contributed by atoms with E-state index in [4.69, 9.17) is 9.47 Å². The molecule has 160 valence electrons. The summed E-state index contributed by atoms with van der Waals surface area (Å²) in [5.74, 6) is 1.95. The second kappa shape index (κ2) is 8.22.